The van der Waals surface area contributed by atoms with E-state index in [1.54, 1.807) is 11.8 Å². The topological polar surface area (TPSA) is 39.2 Å². The Bertz CT molecular complexity index is 2390. The number of carbonyl (C=O) groups excluding carboxylic acids is 1. The maximum atomic E-state index is 14.5. The van der Waals surface area contributed by atoms with Crippen LogP contribution in [0.5, 0.6) is 0 Å². The van der Waals surface area contributed by atoms with E-state index in [1.807, 2.05) is 20.8 Å². The molecule has 318 valence electrons. The molecule has 0 saturated heterocycles. The molecule has 0 atom stereocenters. The number of hydrogen-bond donors (Lipinski definition) is 0. The van der Waals surface area contributed by atoms with Crippen molar-refractivity contribution in [1.82, 2.24) is 0 Å². The lowest BCUT2D eigenvalue weighted by atomic mass is 9.82. The highest BCUT2D eigenvalue weighted by Gasteiger charge is 2.46. The van der Waals surface area contributed by atoms with E-state index in [-0.39, 0.29) is 5.78 Å². The van der Waals surface area contributed by atoms with E-state index in [1.165, 1.54) is 22.3 Å². The van der Waals surface area contributed by atoms with Gasteiger partial charge in [-0.2, -0.15) is 0 Å². The molecule has 0 amide bonds. The Morgan fingerprint density at radius 2 is 0.857 bits per heavy atom. The summed E-state index contributed by atoms with van der Waals surface area (Å²) in [5.41, 5.74) is 11.9. The van der Waals surface area contributed by atoms with Crippen LogP contribution in [-0.4, -0.2) is 23.9 Å². The Balaban J connectivity index is 1.27. The molecule has 0 bridgehead atoms. The molecule has 8 rings (SSSR count). The van der Waals surface area contributed by atoms with Crippen LogP contribution in [-0.2, 0) is 35.7 Å². The van der Waals surface area contributed by atoms with Gasteiger partial charge in [0.1, 0.15) is 5.04 Å². The first kappa shape index (κ1) is 43.3. The summed E-state index contributed by atoms with van der Waals surface area (Å²) in [6.45, 7) is 15.2. The van der Waals surface area contributed by atoms with E-state index in [0.29, 0.717) is 5.04 Å². The SMILES string of the molecule is CCN(CC)c1ccc2c(c1)N=C(C(=O)C(C)(C)C)SC2(c1ccc(N(Cc2ccccc2)Cc2ccccc2)cc1)c1ccc(N(Cc2ccccc2)Cc2ccccc2)cc1. The predicted octanol–water partition coefficient (Wildman–Crippen LogP) is 13.6. The lowest BCUT2D eigenvalue weighted by molar-refractivity contribution is -0.119. The molecular formula is C57H58N4OS. The van der Waals surface area contributed by atoms with Crippen molar-refractivity contribution in [3.63, 3.8) is 0 Å². The van der Waals surface area contributed by atoms with Gasteiger partial charge in [0.2, 0.25) is 0 Å². The second kappa shape index (κ2) is 19.3. The van der Waals surface area contributed by atoms with Gasteiger partial charge in [0.05, 0.1) is 10.4 Å². The van der Waals surface area contributed by atoms with Crippen LogP contribution in [0, 0.1) is 5.41 Å². The molecule has 0 N–H and O–H groups in total. The van der Waals surface area contributed by atoms with Crippen LogP contribution in [0.25, 0.3) is 0 Å². The minimum absolute atomic E-state index is 0.0396. The average Bonchev–Trinajstić information content (AvgIpc) is 3.32. The fraction of sp³-hybridized carbons (Fsp3) is 0.228. The number of fused-ring (bicyclic) bond motifs is 1. The van der Waals surface area contributed by atoms with Crippen LogP contribution in [0.2, 0.25) is 0 Å². The molecule has 5 nitrogen and oxygen atoms in total. The normalized spacial score (nSPS) is 13.1. The third-order valence-corrected chi connectivity index (χ3v) is 13.4. The second-order valence-electron chi connectivity index (χ2n) is 17.4. The minimum Gasteiger partial charge on any atom is -0.372 e. The first-order valence-electron chi connectivity index (χ1n) is 22.2. The van der Waals surface area contributed by atoms with Gasteiger partial charge < -0.3 is 14.7 Å². The van der Waals surface area contributed by atoms with Crippen molar-refractivity contribution in [2.45, 2.75) is 65.5 Å². The number of Topliss-reactive ketones (excluding diaryl/α,β-unsaturated/α-hetero) is 1. The monoisotopic (exact) mass is 846 g/mol. The maximum absolute atomic E-state index is 14.5. The molecule has 0 aliphatic carbocycles. The van der Waals surface area contributed by atoms with Gasteiger partial charge in [-0.1, -0.05) is 184 Å². The molecule has 0 fully saturated rings. The summed E-state index contributed by atoms with van der Waals surface area (Å²) in [5.74, 6) is 0.0396. The highest BCUT2D eigenvalue weighted by Crippen LogP contribution is 2.56. The van der Waals surface area contributed by atoms with Crippen LogP contribution < -0.4 is 14.7 Å². The number of rotatable bonds is 16. The summed E-state index contributed by atoms with van der Waals surface area (Å²) in [6, 6.07) is 67.6. The van der Waals surface area contributed by atoms with Gasteiger partial charge in [-0.25, -0.2) is 4.99 Å². The average molecular weight is 847 g/mol. The van der Waals surface area contributed by atoms with Crippen molar-refractivity contribution >= 4 is 45.3 Å². The zero-order valence-electron chi connectivity index (χ0n) is 37.2. The smallest absolute Gasteiger partial charge is 0.193 e. The lowest BCUT2D eigenvalue weighted by Gasteiger charge is -2.40. The number of anilines is 3. The summed E-state index contributed by atoms with van der Waals surface area (Å²) >= 11 is 1.59. The molecule has 0 spiro atoms. The van der Waals surface area contributed by atoms with Gasteiger partial charge in [-0.3, -0.25) is 4.79 Å². The van der Waals surface area contributed by atoms with Crippen molar-refractivity contribution in [3.05, 3.63) is 227 Å². The third-order valence-electron chi connectivity index (χ3n) is 12.0. The molecular weight excluding hydrogens is 789 g/mol. The number of ketones is 1. The van der Waals surface area contributed by atoms with Gasteiger partial charge in [0.25, 0.3) is 0 Å². The number of hydrogen-bond acceptors (Lipinski definition) is 6. The van der Waals surface area contributed by atoms with Crippen LogP contribution in [0.3, 0.4) is 0 Å². The summed E-state index contributed by atoms with van der Waals surface area (Å²) in [5, 5.41) is 0.532. The fourth-order valence-corrected chi connectivity index (χ4v) is 10.2. The largest absolute Gasteiger partial charge is 0.372 e. The molecule has 63 heavy (non-hydrogen) atoms. The fourth-order valence-electron chi connectivity index (χ4n) is 8.55. The number of nitrogens with zero attached hydrogens (tertiary/aromatic N) is 4. The summed E-state index contributed by atoms with van der Waals surface area (Å²) < 4.78 is -0.778. The standard InChI is InChI=1S/C57H58N4OS/c1-6-59(7-2)51-36-37-52-53(38-51)58-55(54(62)56(3,4)5)63-57(52,47-28-32-49(33-29-47)60(39-43-20-12-8-13-21-43)40-44-22-14-9-15-23-44)48-30-34-50(35-31-48)61(41-45-24-16-10-17-25-45)42-46-26-18-11-19-27-46/h8-38H,6-7,39-42H2,1-5H3. The van der Waals surface area contributed by atoms with E-state index in [9.17, 15) is 4.79 Å². The predicted molar refractivity (Wildman–Crippen MR) is 267 cm³/mol. The highest BCUT2D eigenvalue weighted by atomic mass is 32.2. The van der Waals surface area contributed by atoms with E-state index in [4.69, 9.17) is 4.99 Å². The van der Waals surface area contributed by atoms with E-state index in [2.05, 4.69) is 217 Å². The van der Waals surface area contributed by atoms with Gasteiger partial charge in [0, 0.05) is 67.3 Å². The number of carbonyl (C=O) groups is 1. The van der Waals surface area contributed by atoms with Crippen LogP contribution in [0.15, 0.2) is 193 Å². The highest BCUT2D eigenvalue weighted by molar-refractivity contribution is 8.16. The second-order valence-corrected chi connectivity index (χ2v) is 18.6. The summed E-state index contributed by atoms with van der Waals surface area (Å²) in [4.78, 5) is 27.0. The Kier molecular flexibility index (Phi) is 13.3. The van der Waals surface area contributed by atoms with Crippen LogP contribution in [0.4, 0.5) is 22.7 Å². The van der Waals surface area contributed by atoms with E-state index < -0.39 is 10.2 Å². The maximum Gasteiger partial charge on any atom is 0.193 e. The molecule has 1 aliphatic heterocycles. The first-order valence-corrected chi connectivity index (χ1v) is 23.0. The van der Waals surface area contributed by atoms with Crippen molar-refractivity contribution in [2.24, 2.45) is 10.4 Å². The van der Waals surface area contributed by atoms with Crippen molar-refractivity contribution in [2.75, 3.05) is 27.8 Å². The Labute approximate surface area is 379 Å². The van der Waals surface area contributed by atoms with Crippen molar-refractivity contribution < 1.29 is 4.79 Å². The van der Waals surface area contributed by atoms with Gasteiger partial charge in [-0.15, -0.1) is 0 Å². The molecule has 0 radical (unpaired) electrons. The Morgan fingerprint density at radius 3 is 1.21 bits per heavy atom. The van der Waals surface area contributed by atoms with Gasteiger partial charge >= 0.3 is 0 Å². The van der Waals surface area contributed by atoms with Gasteiger partial charge in [0.15, 0.2) is 5.78 Å². The first-order chi connectivity index (χ1) is 30.6. The molecule has 7 aromatic carbocycles. The molecule has 6 heteroatoms. The van der Waals surface area contributed by atoms with Crippen LogP contribution >= 0.6 is 11.8 Å². The summed E-state index contributed by atoms with van der Waals surface area (Å²) in [7, 11) is 0. The Hall–Kier alpha value is -6.37. The van der Waals surface area contributed by atoms with Crippen molar-refractivity contribution in [3.8, 4) is 0 Å². The molecule has 1 aliphatic rings. The molecule has 1 heterocycles. The number of aliphatic imine (C=N–C) groups is 1. The molecule has 0 aromatic heterocycles. The van der Waals surface area contributed by atoms with Crippen molar-refractivity contribution in [1.29, 1.82) is 0 Å². The van der Waals surface area contributed by atoms with Crippen LogP contribution in [0.1, 0.15) is 73.6 Å². The zero-order valence-corrected chi connectivity index (χ0v) is 38.1. The molecule has 0 saturated carbocycles. The third kappa shape index (κ3) is 9.82. The van der Waals surface area contributed by atoms with E-state index >= 15 is 0 Å². The van der Waals surface area contributed by atoms with Gasteiger partial charge in [-0.05, 0) is 83.6 Å². The van der Waals surface area contributed by atoms with E-state index in [0.717, 1.165) is 78.7 Å². The zero-order chi connectivity index (χ0) is 43.8. The minimum atomic E-state index is -0.778. The summed E-state index contributed by atoms with van der Waals surface area (Å²) in [6.07, 6.45) is 0. The number of thioether (sulfide) groups is 1. The number of benzene rings is 7. The lowest BCUT2D eigenvalue weighted by Crippen LogP contribution is -2.36. The Morgan fingerprint density at radius 1 is 0.492 bits per heavy atom. The molecule has 0 unspecified atom stereocenters. The molecule has 7 aromatic rings. The quantitative estimate of drug-likeness (QED) is 0.0969.